The Morgan fingerprint density at radius 1 is 1.36 bits per heavy atom. The molecule has 0 bridgehead atoms. The van der Waals surface area contributed by atoms with Gasteiger partial charge in [0.05, 0.1) is 13.2 Å². The number of ether oxygens (including phenoxy) is 1. The molecule has 25 heavy (non-hydrogen) atoms. The summed E-state index contributed by atoms with van der Waals surface area (Å²) in [4.78, 5) is 19.4. The van der Waals surface area contributed by atoms with Crippen LogP contribution in [0.4, 0.5) is 0 Å². The number of nitrogens with one attached hydrogen (secondary N) is 2. The number of pyridine rings is 1. The summed E-state index contributed by atoms with van der Waals surface area (Å²) in [6, 6.07) is 2.21. The Balaban J connectivity index is 1.71. The average molecular weight is 335 g/mol. The van der Waals surface area contributed by atoms with Gasteiger partial charge in [-0.2, -0.15) is 0 Å². The zero-order valence-corrected chi connectivity index (χ0v) is 14.0. The molecule has 0 radical (unpaired) electrons. The van der Waals surface area contributed by atoms with Crippen molar-refractivity contribution >= 4 is 28.1 Å². The largest absolute Gasteiger partial charge is 0.373 e. The van der Waals surface area contributed by atoms with E-state index in [0.717, 1.165) is 35.9 Å². The van der Waals surface area contributed by atoms with Crippen LogP contribution in [0.5, 0.6) is 0 Å². The van der Waals surface area contributed by atoms with Crippen molar-refractivity contribution in [3.05, 3.63) is 54.4 Å². The number of hydrogen-bond donors (Lipinski definition) is 2. The number of fused-ring (bicyclic) bond motifs is 1. The first-order chi connectivity index (χ1) is 12.3. The lowest BCUT2D eigenvalue weighted by molar-refractivity contribution is -0.117. The van der Waals surface area contributed by atoms with Crippen LogP contribution in [0.1, 0.15) is 30.4 Å². The molecule has 0 aromatic carbocycles. The lowest BCUT2D eigenvalue weighted by Gasteiger charge is -2.24. The minimum Gasteiger partial charge on any atom is -0.373 e. The third-order valence-electron chi connectivity index (χ3n) is 4.87. The summed E-state index contributed by atoms with van der Waals surface area (Å²) < 4.78 is 5.49. The first kappa shape index (κ1) is 15.8. The van der Waals surface area contributed by atoms with Gasteiger partial charge >= 0.3 is 0 Å². The summed E-state index contributed by atoms with van der Waals surface area (Å²) in [5, 5.41) is 4.17. The molecule has 1 unspecified atom stereocenters. The summed E-state index contributed by atoms with van der Waals surface area (Å²) >= 11 is 0. The zero-order chi connectivity index (χ0) is 17.2. The molecule has 4 rings (SSSR count). The standard InChI is InChI=1S/C20H21N3O2/c1-2-18(24)23-15-5-3-4-13(10-15)16-6-8-21-20-19(16)17(11-22-20)14-7-9-25-12-14/h2,4,6-8,11,15H,1,3,5,9-10,12H2,(H,21,22)(H,23,24). The third-order valence-corrected chi connectivity index (χ3v) is 4.87. The highest BCUT2D eigenvalue weighted by molar-refractivity contribution is 5.99. The predicted molar refractivity (Wildman–Crippen MR) is 98.8 cm³/mol. The summed E-state index contributed by atoms with van der Waals surface area (Å²) in [6.07, 6.45) is 12.3. The van der Waals surface area contributed by atoms with Gasteiger partial charge in [0.2, 0.25) is 5.91 Å². The Bertz CT molecular complexity index is 891. The molecule has 1 amide bonds. The highest BCUT2D eigenvalue weighted by Crippen LogP contribution is 2.35. The van der Waals surface area contributed by atoms with E-state index in [1.165, 1.54) is 22.8 Å². The Morgan fingerprint density at radius 3 is 3.08 bits per heavy atom. The van der Waals surface area contributed by atoms with Gasteiger partial charge in [0.15, 0.2) is 0 Å². The van der Waals surface area contributed by atoms with Crippen LogP contribution in [-0.4, -0.2) is 35.1 Å². The van der Waals surface area contributed by atoms with E-state index in [9.17, 15) is 4.79 Å². The number of H-pyrrole nitrogens is 1. The average Bonchev–Trinajstić information content (AvgIpc) is 3.30. The van der Waals surface area contributed by atoms with E-state index < -0.39 is 0 Å². The lowest BCUT2D eigenvalue weighted by Crippen LogP contribution is -2.34. The number of aromatic nitrogens is 2. The topological polar surface area (TPSA) is 67.0 Å². The fraction of sp³-hybridized carbons (Fsp3) is 0.300. The molecule has 5 nitrogen and oxygen atoms in total. The summed E-state index contributed by atoms with van der Waals surface area (Å²) in [7, 11) is 0. The van der Waals surface area contributed by atoms with Gasteiger partial charge in [0.25, 0.3) is 0 Å². The number of amides is 1. The third kappa shape index (κ3) is 3.03. The van der Waals surface area contributed by atoms with Crippen molar-refractivity contribution in [1.82, 2.24) is 15.3 Å². The zero-order valence-electron chi connectivity index (χ0n) is 14.0. The van der Waals surface area contributed by atoms with Crippen LogP contribution in [0, 0.1) is 0 Å². The number of nitrogens with zero attached hydrogens (tertiary/aromatic N) is 1. The minimum absolute atomic E-state index is 0.110. The molecule has 3 heterocycles. The Kier molecular flexibility index (Phi) is 4.24. The van der Waals surface area contributed by atoms with Gasteiger partial charge in [-0.3, -0.25) is 4.79 Å². The normalized spacial score (nSPS) is 20.2. The van der Waals surface area contributed by atoms with Gasteiger partial charge in [0, 0.05) is 29.4 Å². The highest BCUT2D eigenvalue weighted by atomic mass is 16.5. The van der Waals surface area contributed by atoms with Crippen LogP contribution in [-0.2, 0) is 9.53 Å². The van der Waals surface area contributed by atoms with Crippen molar-refractivity contribution in [1.29, 1.82) is 0 Å². The highest BCUT2D eigenvalue weighted by Gasteiger charge is 2.22. The van der Waals surface area contributed by atoms with E-state index in [0.29, 0.717) is 13.2 Å². The SMILES string of the molecule is C=CC(=O)NC1CCC=C(c2ccnc3[nH]cc(C4=CCOC4)c23)C1. The number of carbonyl (C=O) groups excluding carboxylic acids is 1. The summed E-state index contributed by atoms with van der Waals surface area (Å²) in [6.45, 7) is 4.84. The lowest BCUT2D eigenvalue weighted by atomic mass is 9.88. The van der Waals surface area contributed by atoms with Gasteiger partial charge in [0.1, 0.15) is 5.65 Å². The molecule has 0 saturated heterocycles. The van der Waals surface area contributed by atoms with Crippen molar-refractivity contribution in [2.45, 2.75) is 25.3 Å². The molecule has 1 aliphatic heterocycles. The van der Waals surface area contributed by atoms with Gasteiger partial charge in [-0.25, -0.2) is 4.98 Å². The number of carbonyl (C=O) groups is 1. The Labute approximate surface area is 146 Å². The second kappa shape index (κ2) is 6.69. The minimum atomic E-state index is -0.110. The van der Waals surface area contributed by atoms with E-state index in [1.807, 2.05) is 12.4 Å². The molecule has 1 aliphatic carbocycles. The van der Waals surface area contributed by atoms with E-state index in [1.54, 1.807) is 0 Å². The van der Waals surface area contributed by atoms with Crippen molar-refractivity contribution in [2.75, 3.05) is 13.2 Å². The van der Waals surface area contributed by atoms with Crippen LogP contribution in [0.3, 0.4) is 0 Å². The number of rotatable bonds is 4. The number of hydrogen-bond acceptors (Lipinski definition) is 3. The van der Waals surface area contributed by atoms with Gasteiger partial charge in [-0.15, -0.1) is 0 Å². The quantitative estimate of drug-likeness (QED) is 0.843. The molecule has 0 fully saturated rings. The van der Waals surface area contributed by atoms with Crippen molar-refractivity contribution in [2.24, 2.45) is 0 Å². The molecule has 2 aromatic rings. The second-order valence-corrected chi connectivity index (χ2v) is 6.45. The molecular formula is C20H21N3O2. The first-order valence-corrected chi connectivity index (χ1v) is 8.62. The molecule has 2 aromatic heterocycles. The van der Waals surface area contributed by atoms with E-state index in [2.05, 4.69) is 40.1 Å². The fourth-order valence-electron chi connectivity index (χ4n) is 3.67. The summed E-state index contributed by atoms with van der Waals surface area (Å²) in [5.41, 5.74) is 5.70. The molecule has 0 saturated carbocycles. The molecule has 1 atom stereocenters. The van der Waals surface area contributed by atoms with Gasteiger partial charge in [-0.05, 0) is 48.1 Å². The van der Waals surface area contributed by atoms with Crippen molar-refractivity contribution < 1.29 is 9.53 Å². The number of aromatic amines is 1. The smallest absolute Gasteiger partial charge is 0.243 e. The van der Waals surface area contributed by atoms with Crippen LogP contribution in [0.2, 0.25) is 0 Å². The monoisotopic (exact) mass is 335 g/mol. The van der Waals surface area contributed by atoms with Crippen LogP contribution < -0.4 is 5.32 Å². The maximum absolute atomic E-state index is 11.6. The van der Waals surface area contributed by atoms with Crippen molar-refractivity contribution in [3.63, 3.8) is 0 Å². The molecule has 2 aliphatic rings. The molecular weight excluding hydrogens is 314 g/mol. The molecule has 0 spiro atoms. The number of allylic oxidation sites excluding steroid dienone is 1. The predicted octanol–water partition coefficient (Wildman–Crippen LogP) is 3.21. The summed E-state index contributed by atoms with van der Waals surface area (Å²) in [5.74, 6) is -0.110. The van der Waals surface area contributed by atoms with Gasteiger partial charge in [-0.1, -0.05) is 18.7 Å². The Morgan fingerprint density at radius 2 is 2.28 bits per heavy atom. The maximum atomic E-state index is 11.6. The Hall–Kier alpha value is -2.66. The van der Waals surface area contributed by atoms with E-state index in [-0.39, 0.29) is 11.9 Å². The van der Waals surface area contributed by atoms with E-state index in [4.69, 9.17) is 4.74 Å². The van der Waals surface area contributed by atoms with Crippen molar-refractivity contribution in [3.8, 4) is 0 Å². The van der Waals surface area contributed by atoms with E-state index >= 15 is 0 Å². The molecule has 128 valence electrons. The van der Waals surface area contributed by atoms with Crippen LogP contribution >= 0.6 is 0 Å². The molecule has 5 heteroatoms. The van der Waals surface area contributed by atoms with Crippen LogP contribution in [0.15, 0.2) is 43.3 Å². The maximum Gasteiger partial charge on any atom is 0.243 e. The first-order valence-electron chi connectivity index (χ1n) is 8.62. The fourth-order valence-corrected chi connectivity index (χ4v) is 3.67. The van der Waals surface area contributed by atoms with Gasteiger partial charge < -0.3 is 15.0 Å². The molecule has 2 N–H and O–H groups in total. The second-order valence-electron chi connectivity index (χ2n) is 6.45. The van der Waals surface area contributed by atoms with Crippen LogP contribution in [0.25, 0.3) is 22.2 Å².